The van der Waals surface area contributed by atoms with Crippen LogP contribution in [0.25, 0.3) is 10.9 Å². The van der Waals surface area contributed by atoms with Crippen molar-refractivity contribution in [2.24, 2.45) is 5.84 Å². The fourth-order valence-electron chi connectivity index (χ4n) is 2.66. The van der Waals surface area contributed by atoms with Gasteiger partial charge in [-0.2, -0.15) is 0 Å². The number of rotatable bonds is 2. The van der Waals surface area contributed by atoms with E-state index < -0.39 is 0 Å². The molecule has 96 valence electrons. The average Bonchev–Trinajstić information content (AvgIpc) is 2.32. The van der Waals surface area contributed by atoms with E-state index in [1.165, 1.54) is 16.7 Å². The highest BCUT2D eigenvalue weighted by molar-refractivity contribution is 5.97. The Morgan fingerprint density at radius 1 is 1.11 bits per heavy atom. The van der Waals surface area contributed by atoms with Gasteiger partial charge in [-0.05, 0) is 37.8 Å². The molecule has 1 heterocycles. The number of pyridine rings is 1. The molecule has 0 aliphatic carbocycles. The van der Waals surface area contributed by atoms with Crippen molar-refractivity contribution >= 4 is 16.6 Å². The number of nitrogen functional groups attached to an aromatic ring is 1. The lowest BCUT2D eigenvalue weighted by Crippen LogP contribution is -2.13. The van der Waals surface area contributed by atoms with E-state index in [2.05, 4.69) is 52.2 Å². The lowest BCUT2D eigenvalue weighted by Gasteiger charge is -2.19. The molecule has 0 aliphatic heterocycles. The molecule has 3 heteroatoms. The molecule has 0 fully saturated rings. The Labute approximate surface area is 108 Å². The molecule has 0 amide bonds. The Balaban J connectivity index is 2.99. The zero-order chi connectivity index (χ0) is 13.4. The van der Waals surface area contributed by atoms with Gasteiger partial charge in [0.1, 0.15) is 0 Å². The van der Waals surface area contributed by atoms with E-state index in [1.54, 1.807) is 0 Å². The van der Waals surface area contributed by atoms with E-state index in [-0.39, 0.29) is 0 Å². The van der Waals surface area contributed by atoms with Crippen LogP contribution in [-0.4, -0.2) is 4.98 Å². The molecular formula is C15H21N3. The monoisotopic (exact) mass is 243 g/mol. The van der Waals surface area contributed by atoms with Crippen LogP contribution in [0.15, 0.2) is 12.1 Å². The number of aromatic nitrogens is 1. The molecule has 0 spiro atoms. The van der Waals surface area contributed by atoms with E-state index >= 15 is 0 Å². The molecule has 18 heavy (non-hydrogen) atoms. The molecule has 0 saturated heterocycles. The van der Waals surface area contributed by atoms with Gasteiger partial charge in [0.25, 0.3) is 0 Å². The summed E-state index contributed by atoms with van der Waals surface area (Å²) in [6, 6.07) is 4.24. The Bertz CT molecular complexity index is 600. The summed E-state index contributed by atoms with van der Waals surface area (Å²) in [5.41, 5.74) is 9.61. The van der Waals surface area contributed by atoms with Crippen molar-refractivity contribution in [1.82, 2.24) is 4.98 Å². The maximum atomic E-state index is 5.76. The smallest absolute Gasteiger partial charge is 0.0758 e. The minimum atomic E-state index is 0.396. The summed E-state index contributed by atoms with van der Waals surface area (Å²) in [7, 11) is 0. The lowest BCUT2D eigenvalue weighted by molar-refractivity contribution is 0.848. The van der Waals surface area contributed by atoms with Crippen molar-refractivity contribution in [1.29, 1.82) is 0 Å². The summed E-state index contributed by atoms with van der Waals surface area (Å²) in [5.74, 6) is 6.16. The number of nitrogens with one attached hydrogen (secondary N) is 1. The van der Waals surface area contributed by atoms with E-state index in [0.29, 0.717) is 5.92 Å². The number of nitrogens with two attached hydrogens (primary N) is 1. The number of nitrogens with zero attached hydrogens (tertiary/aromatic N) is 1. The fourth-order valence-corrected chi connectivity index (χ4v) is 2.66. The van der Waals surface area contributed by atoms with Gasteiger partial charge in [-0.1, -0.05) is 26.0 Å². The van der Waals surface area contributed by atoms with E-state index in [9.17, 15) is 0 Å². The largest absolute Gasteiger partial charge is 0.323 e. The van der Waals surface area contributed by atoms with Crippen LogP contribution in [0.2, 0.25) is 0 Å². The van der Waals surface area contributed by atoms with Crippen molar-refractivity contribution in [2.75, 3.05) is 5.43 Å². The van der Waals surface area contributed by atoms with Crippen molar-refractivity contribution < 1.29 is 0 Å². The third-order valence-electron chi connectivity index (χ3n) is 3.50. The van der Waals surface area contributed by atoms with Crippen molar-refractivity contribution in [3.63, 3.8) is 0 Å². The van der Waals surface area contributed by atoms with Gasteiger partial charge in [0.15, 0.2) is 0 Å². The first-order valence-corrected chi connectivity index (χ1v) is 6.34. The zero-order valence-electron chi connectivity index (χ0n) is 11.8. The Morgan fingerprint density at radius 3 is 2.28 bits per heavy atom. The Morgan fingerprint density at radius 2 is 1.72 bits per heavy atom. The summed E-state index contributed by atoms with van der Waals surface area (Å²) >= 11 is 0. The maximum Gasteiger partial charge on any atom is 0.0758 e. The Hall–Kier alpha value is -1.61. The Kier molecular flexibility index (Phi) is 3.26. The summed E-state index contributed by atoms with van der Waals surface area (Å²) in [5, 5.41) is 1.15. The van der Waals surface area contributed by atoms with Crippen molar-refractivity contribution in [3.05, 3.63) is 34.5 Å². The third-order valence-corrected chi connectivity index (χ3v) is 3.50. The fraction of sp³-hybridized carbons (Fsp3) is 0.400. The number of anilines is 1. The summed E-state index contributed by atoms with van der Waals surface area (Å²) in [6.45, 7) is 10.6. The minimum Gasteiger partial charge on any atom is -0.323 e. The highest BCUT2D eigenvalue weighted by atomic mass is 15.2. The van der Waals surface area contributed by atoms with Gasteiger partial charge < -0.3 is 5.43 Å². The van der Waals surface area contributed by atoms with Crippen LogP contribution in [0.1, 0.15) is 42.1 Å². The number of hydrogen-bond acceptors (Lipinski definition) is 3. The molecule has 3 N–H and O–H groups in total. The van der Waals surface area contributed by atoms with Gasteiger partial charge in [-0.15, -0.1) is 0 Å². The normalized spacial score (nSPS) is 11.3. The van der Waals surface area contributed by atoms with Crippen LogP contribution in [0.4, 0.5) is 5.69 Å². The topological polar surface area (TPSA) is 50.9 Å². The van der Waals surface area contributed by atoms with Crippen LogP contribution in [0.3, 0.4) is 0 Å². The van der Waals surface area contributed by atoms with Crippen LogP contribution in [-0.2, 0) is 0 Å². The maximum absolute atomic E-state index is 5.76. The van der Waals surface area contributed by atoms with Crippen LogP contribution in [0.5, 0.6) is 0 Å². The molecule has 2 rings (SSSR count). The number of fused-ring (bicyclic) bond motifs is 1. The van der Waals surface area contributed by atoms with Crippen LogP contribution < -0.4 is 11.3 Å². The molecule has 1 aromatic heterocycles. The summed E-state index contributed by atoms with van der Waals surface area (Å²) < 4.78 is 0. The van der Waals surface area contributed by atoms with Gasteiger partial charge in [0.2, 0.25) is 0 Å². The third kappa shape index (κ3) is 1.85. The van der Waals surface area contributed by atoms with Gasteiger partial charge in [-0.3, -0.25) is 10.8 Å². The van der Waals surface area contributed by atoms with Crippen LogP contribution >= 0.6 is 0 Å². The van der Waals surface area contributed by atoms with Gasteiger partial charge >= 0.3 is 0 Å². The molecule has 0 radical (unpaired) electrons. The molecule has 0 saturated carbocycles. The van der Waals surface area contributed by atoms with Gasteiger partial charge in [-0.25, -0.2) is 0 Å². The van der Waals surface area contributed by atoms with E-state index in [4.69, 9.17) is 10.8 Å². The number of hydrogen-bond donors (Lipinski definition) is 2. The highest BCUT2D eigenvalue weighted by Crippen LogP contribution is 2.35. The first-order valence-electron chi connectivity index (χ1n) is 6.34. The van der Waals surface area contributed by atoms with Gasteiger partial charge in [0, 0.05) is 16.6 Å². The van der Waals surface area contributed by atoms with E-state index in [0.717, 1.165) is 22.3 Å². The average molecular weight is 243 g/mol. The lowest BCUT2D eigenvalue weighted by atomic mass is 9.94. The van der Waals surface area contributed by atoms with Crippen molar-refractivity contribution in [3.8, 4) is 0 Å². The van der Waals surface area contributed by atoms with Crippen molar-refractivity contribution in [2.45, 2.75) is 40.5 Å². The number of benzene rings is 1. The van der Waals surface area contributed by atoms with Crippen LogP contribution in [0, 0.1) is 20.8 Å². The van der Waals surface area contributed by atoms with Gasteiger partial charge in [0.05, 0.1) is 11.2 Å². The molecular weight excluding hydrogens is 222 g/mol. The first-order chi connectivity index (χ1) is 8.47. The second-order valence-corrected chi connectivity index (χ2v) is 5.21. The molecule has 0 bridgehead atoms. The second kappa shape index (κ2) is 4.58. The predicted octanol–water partition coefficient (Wildman–Crippen LogP) is 3.57. The predicted molar refractivity (Wildman–Crippen MR) is 77.9 cm³/mol. The highest BCUT2D eigenvalue weighted by Gasteiger charge is 2.16. The standard InChI is InChI=1S/C15H21N3/c1-8(2)12-11(5)17-14-10(4)7-6-9(3)13(14)15(12)18-16/h6-8H,16H2,1-5H3,(H,17,18). The quantitative estimate of drug-likeness (QED) is 0.626. The minimum absolute atomic E-state index is 0.396. The number of hydrazine groups is 1. The molecule has 0 atom stereocenters. The molecule has 0 unspecified atom stereocenters. The van der Waals surface area contributed by atoms with E-state index in [1.807, 2.05) is 0 Å². The molecule has 2 aromatic rings. The molecule has 3 nitrogen and oxygen atoms in total. The SMILES string of the molecule is Cc1nc2c(C)ccc(C)c2c(NN)c1C(C)C. The summed E-state index contributed by atoms with van der Waals surface area (Å²) in [6.07, 6.45) is 0. The zero-order valence-corrected chi connectivity index (χ0v) is 11.8. The number of aryl methyl sites for hydroxylation is 3. The summed E-state index contributed by atoms with van der Waals surface area (Å²) in [4.78, 5) is 4.77. The molecule has 1 aromatic carbocycles. The second-order valence-electron chi connectivity index (χ2n) is 5.21. The molecule has 0 aliphatic rings. The first kappa shape index (κ1) is 12.8.